The van der Waals surface area contributed by atoms with Gasteiger partial charge in [0.25, 0.3) is 0 Å². The van der Waals surface area contributed by atoms with Crippen LogP contribution in [-0.4, -0.2) is 67.4 Å². The van der Waals surface area contributed by atoms with Crippen molar-refractivity contribution >= 4 is 23.2 Å². The molecule has 1 heterocycles. The Morgan fingerprint density at radius 1 is 1.07 bits per heavy atom. The fraction of sp³-hybridized carbons (Fsp3) is 0.636. The van der Waals surface area contributed by atoms with Gasteiger partial charge < -0.3 is 20.0 Å². The van der Waals surface area contributed by atoms with E-state index in [-0.39, 0.29) is 11.8 Å². The van der Waals surface area contributed by atoms with Crippen LogP contribution >= 0.6 is 0 Å². The highest BCUT2D eigenvalue weighted by Gasteiger charge is 2.40. The van der Waals surface area contributed by atoms with E-state index in [0.717, 1.165) is 49.7 Å². The molecule has 0 aromatic heterocycles. The molecule has 2 amide bonds. The van der Waals surface area contributed by atoms with E-state index in [1.54, 1.807) is 13.8 Å². The number of rotatable bonds is 7. The lowest BCUT2D eigenvalue weighted by molar-refractivity contribution is -0.147. The maximum absolute atomic E-state index is 13.0. The molecule has 0 atom stereocenters. The van der Waals surface area contributed by atoms with Crippen LogP contribution in [0.25, 0.3) is 0 Å². The van der Waals surface area contributed by atoms with Crippen molar-refractivity contribution in [2.45, 2.75) is 41.5 Å². The van der Waals surface area contributed by atoms with E-state index in [1.807, 2.05) is 24.0 Å². The van der Waals surface area contributed by atoms with Crippen LogP contribution < -0.4 is 10.2 Å². The standard InChI is InChI=1S/C22H36N4O2/c1-7-24-12-14-26(15-13-24)21(28)22(5,6)20(27)23-19-11-10-18(16-17(19)4)25(8-2)9-3/h10-11,16H,7-9,12-15H2,1-6H3,(H,23,27). The summed E-state index contributed by atoms with van der Waals surface area (Å²) in [6, 6.07) is 6.04. The number of likely N-dealkylation sites (N-methyl/N-ethyl adjacent to an activating group) is 1. The van der Waals surface area contributed by atoms with Crippen LogP contribution in [0.4, 0.5) is 11.4 Å². The predicted molar refractivity (Wildman–Crippen MR) is 116 cm³/mol. The predicted octanol–water partition coefficient (Wildman–Crippen LogP) is 2.97. The van der Waals surface area contributed by atoms with Gasteiger partial charge in [-0.1, -0.05) is 6.92 Å². The quantitative estimate of drug-likeness (QED) is 0.730. The fourth-order valence-corrected chi connectivity index (χ4v) is 3.61. The first-order chi connectivity index (χ1) is 13.2. The minimum Gasteiger partial charge on any atom is -0.372 e. The Morgan fingerprint density at radius 2 is 1.68 bits per heavy atom. The largest absolute Gasteiger partial charge is 0.372 e. The third-order valence-electron chi connectivity index (χ3n) is 5.80. The van der Waals surface area contributed by atoms with Gasteiger partial charge in [0.1, 0.15) is 5.41 Å². The van der Waals surface area contributed by atoms with Gasteiger partial charge in [-0.2, -0.15) is 0 Å². The van der Waals surface area contributed by atoms with Gasteiger partial charge >= 0.3 is 0 Å². The first-order valence-electron chi connectivity index (χ1n) is 10.4. The molecule has 0 saturated carbocycles. The number of hydrogen-bond acceptors (Lipinski definition) is 4. The molecule has 1 aliphatic heterocycles. The van der Waals surface area contributed by atoms with Crippen LogP contribution in [0, 0.1) is 12.3 Å². The maximum Gasteiger partial charge on any atom is 0.239 e. The zero-order chi connectivity index (χ0) is 20.9. The molecule has 6 nitrogen and oxygen atoms in total. The smallest absolute Gasteiger partial charge is 0.239 e. The van der Waals surface area contributed by atoms with E-state index in [4.69, 9.17) is 0 Å². The van der Waals surface area contributed by atoms with Crippen LogP contribution in [0.5, 0.6) is 0 Å². The minimum atomic E-state index is -1.10. The lowest BCUT2D eigenvalue weighted by atomic mass is 9.89. The molecule has 28 heavy (non-hydrogen) atoms. The van der Waals surface area contributed by atoms with Crippen molar-refractivity contribution in [1.82, 2.24) is 9.80 Å². The molecular weight excluding hydrogens is 352 g/mol. The summed E-state index contributed by atoms with van der Waals surface area (Å²) in [5.74, 6) is -0.354. The molecule has 6 heteroatoms. The molecule has 156 valence electrons. The maximum atomic E-state index is 13.0. The summed E-state index contributed by atoms with van der Waals surface area (Å²) in [6.07, 6.45) is 0. The van der Waals surface area contributed by atoms with Crippen LogP contribution in [0.2, 0.25) is 0 Å². The number of piperazine rings is 1. The summed E-state index contributed by atoms with van der Waals surface area (Å²) in [4.78, 5) is 32.3. The van der Waals surface area contributed by atoms with Gasteiger partial charge in [-0.15, -0.1) is 0 Å². The van der Waals surface area contributed by atoms with Gasteiger partial charge in [0.05, 0.1) is 0 Å². The van der Waals surface area contributed by atoms with Crippen molar-refractivity contribution in [1.29, 1.82) is 0 Å². The number of anilines is 2. The lowest BCUT2D eigenvalue weighted by Gasteiger charge is -2.37. The molecule has 1 saturated heterocycles. The minimum absolute atomic E-state index is 0.0989. The Morgan fingerprint density at radius 3 is 2.18 bits per heavy atom. The van der Waals surface area contributed by atoms with Crippen LogP contribution in [-0.2, 0) is 9.59 Å². The van der Waals surface area contributed by atoms with Gasteiger partial charge in [-0.25, -0.2) is 0 Å². The molecule has 1 aliphatic rings. The number of aryl methyl sites for hydroxylation is 1. The normalized spacial score (nSPS) is 15.4. The molecule has 0 spiro atoms. The Hall–Kier alpha value is -2.08. The molecule has 0 unspecified atom stereocenters. The zero-order valence-electron chi connectivity index (χ0n) is 18.3. The molecule has 1 fully saturated rings. The topological polar surface area (TPSA) is 55.9 Å². The summed E-state index contributed by atoms with van der Waals surface area (Å²) < 4.78 is 0. The van der Waals surface area contributed by atoms with E-state index in [0.29, 0.717) is 13.1 Å². The average molecular weight is 389 g/mol. The Labute approximate surface area is 169 Å². The van der Waals surface area contributed by atoms with Gasteiger partial charge in [0, 0.05) is 50.6 Å². The summed E-state index contributed by atoms with van der Waals surface area (Å²) >= 11 is 0. The Bertz CT molecular complexity index is 690. The highest BCUT2D eigenvalue weighted by Crippen LogP contribution is 2.26. The monoisotopic (exact) mass is 388 g/mol. The van der Waals surface area contributed by atoms with Crippen molar-refractivity contribution in [3.05, 3.63) is 23.8 Å². The fourth-order valence-electron chi connectivity index (χ4n) is 3.61. The number of amides is 2. The van der Waals surface area contributed by atoms with Gasteiger partial charge in [0.15, 0.2) is 0 Å². The number of nitrogens with one attached hydrogen (secondary N) is 1. The van der Waals surface area contributed by atoms with Crippen molar-refractivity contribution in [3.8, 4) is 0 Å². The van der Waals surface area contributed by atoms with Crippen molar-refractivity contribution in [2.75, 3.05) is 56.0 Å². The molecule has 1 aromatic carbocycles. The first kappa shape index (κ1) is 22.2. The van der Waals surface area contributed by atoms with E-state index in [1.165, 1.54) is 0 Å². The molecule has 0 aliphatic carbocycles. The number of benzene rings is 1. The van der Waals surface area contributed by atoms with Crippen molar-refractivity contribution in [2.24, 2.45) is 5.41 Å². The zero-order valence-corrected chi connectivity index (χ0v) is 18.3. The molecule has 0 bridgehead atoms. The summed E-state index contributed by atoms with van der Waals surface area (Å²) in [5, 5.41) is 2.98. The lowest BCUT2D eigenvalue weighted by Crippen LogP contribution is -2.54. The highest BCUT2D eigenvalue weighted by molar-refractivity contribution is 6.10. The Balaban J connectivity index is 2.07. The van der Waals surface area contributed by atoms with E-state index in [2.05, 4.69) is 42.0 Å². The van der Waals surface area contributed by atoms with Crippen molar-refractivity contribution < 1.29 is 9.59 Å². The van der Waals surface area contributed by atoms with E-state index >= 15 is 0 Å². The molecular formula is C22H36N4O2. The van der Waals surface area contributed by atoms with E-state index in [9.17, 15) is 9.59 Å². The highest BCUT2D eigenvalue weighted by atomic mass is 16.2. The number of carbonyl (C=O) groups is 2. The van der Waals surface area contributed by atoms with Crippen molar-refractivity contribution in [3.63, 3.8) is 0 Å². The van der Waals surface area contributed by atoms with Gasteiger partial charge in [0.2, 0.25) is 11.8 Å². The number of carbonyl (C=O) groups excluding carboxylic acids is 2. The molecule has 1 N–H and O–H groups in total. The van der Waals surface area contributed by atoms with Crippen LogP contribution in [0.3, 0.4) is 0 Å². The third kappa shape index (κ3) is 4.85. The van der Waals surface area contributed by atoms with E-state index < -0.39 is 5.41 Å². The Kier molecular flexibility index (Phi) is 7.47. The second-order valence-electron chi connectivity index (χ2n) is 7.98. The van der Waals surface area contributed by atoms with Crippen LogP contribution in [0.1, 0.15) is 40.2 Å². The molecule has 0 radical (unpaired) electrons. The number of hydrogen-bond donors (Lipinski definition) is 1. The summed E-state index contributed by atoms with van der Waals surface area (Å²) in [7, 11) is 0. The molecule has 2 rings (SSSR count). The second-order valence-corrected chi connectivity index (χ2v) is 7.98. The van der Waals surface area contributed by atoms with Crippen LogP contribution in [0.15, 0.2) is 18.2 Å². The number of nitrogens with zero attached hydrogens (tertiary/aromatic N) is 3. The molecule has 1 aromatic rings. The summed E-state index contributed by atoms with van der Waals surface area (Å²) in [6.45, 7) is 17.8. The summed E-state index contributed by atoms with van der Waals surface area (Å²) in [5.41, 5.74) is 1.80. The van der Waals surface area contributed by atoms with Gasteiger partial charge in [-0.05, 0) is 64.9 Å². The second kappa shape index (κ2) is 9.41. The first-order valence-corrected chi connectivity index (χ1v) is 10.4. The SMILES string of the molecule is CCN1CCN(C(=O)C(C)(C)C(=O)Nc2ccc(N(CC)CC)cc2C)CC1. The third-order valence-corrected chi connectivity index (χ3v) is 5.80. The average Bonchev–Trinajstić information content (AvgIpc) is 2.70. The van der Waals surface area contributed by atoms with Gasteiger partial charge in [-0.3, -0.25) is 9.59 Å².